The van der Waals surface area contributed by atoms with Crippen molar-refractivity contribution in [1.82, 2.24) is 9.97 Å². The van der Waals surface area contributed by atoms with Gasteiger partial charge in [0.1, 0.15) is 17.3 Å². The second-order valence-corrected chi connectivity index (χ2v) is 4.50. The van der Waals surface area contributed by atoms with E-state index in [2.05, 4.69) is 9.97 Å². The molecule has 0 amide bonds. The van der Waals surface area contributed by atoms with Crippen molar-refractivity contribution in [2.24, 2.45) is 5.73 Å². The van der Waals surface area contributed by atoms with Crippen LogP contribution in [-0.4, -0.2) is 9.97 Å². The number of rotatable bonds is 3. The van der Waals surface area contributed by atoms with E-state index in [1.54, 1.807) is 0 Å². The van der Waals surface area contributed by atoms with E-state index in [1.807, 2.05) is 55.5 Å². The normalized spacial score (nSPS) is 12.5. The first kappa shape index (κ1) is 11.7. The number of H-pyrrole nitrogens is 1. The summed E-state index contributed by atoms with van der Waals surface area (Å²) < 4.78 is 5.78. The molecule has 0 aliphatic rings. The number of para-hydroxylation sites is 1. The molecule has 4 heteroatoms. The lowest BCUT2D eigenvalue weighted by Gasteiger charge is -2.04. The molecule has 0 fully saturated rings. The van der Waals surface area contributed by atoms with Crippen molar-refractivity contribution in [3.05, 3.63) is 54.4 Å². The van der Waals surface area contributed by atoms with Crippen molar-refractivity contribution < 1.29 is 4.74 Å². The van der Waals surface area contributed by atoms with Crippen LogP contribution in [0.3, 0.4) is 0 Å². The Morgan fingerprint density at radius 3 is 2.63 bits per heavy atom. The van der Waals surface area contributed by atoms with E-state index in [9.17, 15) is 0 Å². The minimum atomic E-state index is -0.106. The van der Waals surface area contributed by atoms with Crippen molar-refractivity contribution in [2.75, 3.05) is 0 Å². The lowest BCUT2D eigenvalue weighted by molar-refractivity contribution is 0.483. The number of fused-ring (bicyclic) bond motifs is 1. The first-order valence-electron chi connectivity index (χ1n) is 6.20. The van der Waals surface area contributed by atoms with Crippen molar-refractivity contribution in [2.45, 2.75) is 13.0 Å². The second-order valence-electron chi connectivity index (χ2n) is 4.50. The van der Waals surface area contributed by atoms with Gasteiger partial charge >= 0.3 is 0 Å². The predicted molar refractivity (Wildman–Crippen MR) is 75.2 cm³/mol. The molecule has 0 saturated carbocycles. The maximum absolute atomic E-state index is 5.81. The van der Waals surface area contributed by atoms with Crippen LogP contribution in [0.2, 0.25) is 0 Å². The number of nitrogens with zero attached hydrogens (tertiary/aromatic N) is 1. The Kier molecular flexibility index (Phi) is 2.93. The van der Waals surface area contributed by atoms with Crippen LogP contribution < -0.4 is 10.5 Å². The number of hydrogen-bond donors (Lipinski definition) is 2. The number of imidazole rings is 1. The summed E-state index contributed by atoms with van der Waals surface area (Å²) in [6.07, 6.45) is 0. The van der Waals surface area contributed by atoms with Gasteiger partial charge < -0.3 is 15.5 Å². The highest BCUT2D eigenvalue weighted by Crippen LogP contribution is 2.25. The van der Waals surface area contributed by atoms with Gasteiger partial charge in [-0.05, 0) is 31.2 Å². The fourth-order valence-corrected chi connectivity index (χ4v) is 1.91. The number of aromatic amines is 1. The van der Waals surface area contributed by atoms with Gasteiger partial charge in [0.25, 0.3) is 0 Å². The van der Waals surface area contributed by atoms with Gasteiger partial charge in [0, 0.05) is 6.07 Å². The van der Waals surface area contributed by atoms with Crippen LogP contribution in [0.4, 0.5) is 0 Å². The number of benzene rings is 2. The molecule has 96 valence electrons. The quantitative estimate of drug-likeness (QED) is 0.752. The Morgan fingerprint density at radius 1 is 1.11 bits per heavy atom. The van der Waals surface area contributed by atoms with E-state index in [1.165, 1.54) is 0 Å². The maximum Gasteiger partial charge on any atom is 0.129 e. The molecule has 0 radical (unpaired) electrons. The Balaban J connectivity index is 1.93. The molecule has 1 heterocycles. The van der Waals surface area contributed by atoms with Crippen molar-refractivity contribution in [1.29, 1.82) is 0 Å². The van der Waals surface area contributed by atoms with Gasteiger partial charge in [-0.15, -0.1) is 0 Å². The largest absolute Gasteiger partial charge is 0.457 e. The molecule has 3 rings (SSSR count). The zero-order valence-corrected chi connectivity index (χ0v) is 10.6. The minimum absolute atomic E-state index is 0.106. The fourth-order valence-electron chi connectivity index (χ4n) is 1.91. The number of nitrogens with two attached hydrogens (primary N) is 1. The Bertz CT molecular complexity index is 689. The van der Waals surface area contributed by atoms with Gasteiger partial charge in [-0.2, -0.15) is 0 Å². The average molecular weight is 253 g/mol. The van der Waals surface area contributed by atoms with Crippen LogP contribution in [0.5, 0.6) is 11.5 Å². The monoisotopic (exact) mass is 253 g/mol. The molecule has 3 N–H and O–H groups in total. The smallest absolute Gasteiger partial charge is 0.129 e. The van der Waals surface area contributed by atoms with E-state index < -0.39 is 0 Å². The molecule has 0 spiro atoms. The highest BCUT2D eigenvalue weighted by molar-refractivity contribution is 5.77. The van der Waals surface area contributed by atoms with E-state index >= 15 is 0 Å². The molecule has 0 bridgehead atoms. The molecule has 0 aliphatic heterocycles. The lowest BCUT2D eigenvalue weighted by atomic mass is 10.3. The SMILES string of the molecule is CC(N)c1nc2ccc(Oc3ccccc3)cc2[nH]1. The standard InChI is InChI=1S/C15H15N3O/c1-10(16)15-17-13-8-7-12(9-14(13)18-15)19-11-5-3-2-4-6-11/h2-10H,16H2,1H3,(H,17,18). The summed E-state index contributed by atoms with van der Waals surface area (Å²) >= 11 is 0. The molecule has 0 aliphatic carbocycles. The van der Waals surface area contributed by atoms with Gasteiger partial charge in [0.2, 0.25) is 0 Å². The number of ether oxygens (including phenoxy) is 1. The Morgan fingerprint density at radius 2 is 1.89 bits per heavy atom. The molecule has 1 unspecified atom stereocenters. The first-order valence-corrected chi connectivity index (χ1v) is 6.20. The number of nitrogens with one attached hydrogen (secondary N) is 1. The molecule has 4 nitrogen and oxygen atoms in total. The van der Waals surface area contributed by atoms with Crippen molar-refractivity contribution in [3.63, 3.8) is 0 Å². The molecule has 19 heavy (non-hydrogen) atoms. The summed E-state index contributed by atoms with van der Waals surface area (Å²) in [6.45, 7) is 1.90. The van der Waals surface area contributed by atoms with Crippen LogP contribution >= 0.6 is 0 Å². The van der Waals surface area contributed by atoms with Crippen LogP contribution in [-0.2, 0) is 0 Å². The summed E-state index contributed by atoms with van der Waals surface area (Å²) in [7, 11) is 0. The second kappa shape index (κ2) is 4.74. The van der Waals surface area contributed by atoms with E-state index in [0.717, 1.165) is 28.4 Å². The lowest BCUT2D eigenvalue weighted by Crippen LogP contribution is -2.06. The Hall–Kier alpha value is -2.33. The third-order valence-corrected chi connectivity index (χ3v) is 2.88. The maximum atomic E-state index is 5.81. The third kappa shape index (κ3) is 2.44. The van der Waals surface area contributed by atoms with Crippen LogP contribution in [0.15, 0.2) is 48.5 Å². The van der Waals surface area contributed by atoms with Gasteiger partial charge in [0.15, 0.2) is 0 Å². The average Bonchev–Trinajstić information content (AvgIpc) is 2.83. The molecule has 1 atom stereocenters. The summed E-state index contributed by atoms with van der Waals surface area (Å²) in [5.41, 5.74) is 7.64. The Labute approximate surface area is 111 Å². The zero-order chi connectivity index (χ0) is 13.2. The van der Waals surface area contributed by atoms with E-state index in [0.29, 0.717) is 0 Å². The van der Waals surface area contributed by atoms with Crippen molar-refractivity contribution >= 4 is 11.0 Å². The molecular weight excluding hydrogens is 238 g/mol. The minimum Gasteiger partial charge on any atom is -0.457 e. The van der Waals surface area contributed by atoms with Crippen LogP contribution in [0.1, 0.15) is 18.8 Å². The molecule has 0 saturated heterocycles. The molecule has 1 aromatic heterocycles. The zero-order valence-electron chi connectivity index (χ0n) is 10.6. The molecule has 3 aromatic rings. The van der Waals surface area contributed by atoms with E-state index in [-0.39, 0.29) is 6.04 Å². The van der Waals surface area contributed by atoms with Crippen LogP contribution in [0.25, 0.3) is 11.0 Å². The van der Waals surface area contributed by atoms with Gasteiger partial charge in [0.05, 0.1) is 17.1 Å². The third-order valence-electron chi connectivity index (χ3n) is 2.88. The highest BCUT2D eigenvalue weighted by atomic mass is 16.5. The predicted octanol–water partition coefficient (Wildman–Crippen LogP) is 3.37. The molecule has 2 aromatic carbocycles. The van der Waals surface area contributed by atoms with Crippen LogP contribution in [0, 0.1) is 0 Å². The molecular formula is C15H15N3O. The van der Waals surface area contributed by atoms with Gasteiger partial charge in [-0.1, -0.05) is 18.2 Å². The van der Waals surface area contributed by atoms with E-state index in [4.69, 9.17) is 10.5 Å². The number of aromatic nitrogens is 2. The topological polar surface area (TPSA) is 63.9 Å². The summed E-state index contributed by atoms with van der Waals surface area (Å²) in [6, 6.07) is 15.3. The fraction of sp³-hybridized carbons (Fsp3) is 0.133. The highest BCUT2D eigenvalue weighted by Gasteiger charge is 2.07. The van der Waals surface area contributed by atoms with Gasteiger partial charge in [-0.3, -0.25) is 0 Å². The summed E-state index contributed by atoms with van der Waals surface area (Å²) in [5, 5.41) is 0. The first-order chi connectivity index (χ1) is 9.22. The summed E-state index contributed by atoms with van der Waals surface area (Å²) in [4.78, 5) is 7.63. The number of hydrogen-bond acceptors (Lipinski definition) is 3. The van der Waals surface area contributed by atoms with Gasteiger partial charge in [-0.25, -0.2) is 4.98 Å². The van der Waals surface area contributed by atoms with Crippen molar-refractivity contribution in [3.8, 4) is 11.5 Å². The summed E-state index contributed by atoms with van der Waals surface area (Å²) in [5.74, 6) is 2.37.